The molecule has 0 saturated carbocycles. The molecule has 1 atom stereocenters. The number of benzene rings is 2. The van der Waals surface area contributed by atoms with Gasteiger partial charge in [-0.25, -0.2) is 14.6 Å². The molecule has 0 aliphatic carbocycles. The van der Waals surface area contributed by atoms with Gasteiger partial charge in [0.2, 0.25) is 0 Å². The van der Waals surface area contributed by atoms with Crippen LogP contribution in [0.4, 0.5) is 5.69 Å². The van der Waals surface area contributed by atoms with E-state index in [4.69, 9.17) is 0 Å². The van der Waals surface area contributed by atoms with Crippen LogP contribution in [0.15, 0.2) is 60.1 Å². The summed E-state index contributed by atoms with van der Waals surface area (Å²) in [4.78, 5) is 27.4. The second kappa shape index (κ2) is 5.65. The molecule has 2 heterocycles. The molecule has 24 heavy (non-hydrogen) atoms. The number of hydrogen-bond acceptors (Lipinski definition) is 3. The molecule has 0 spiro atoms. The van der Waals surface area contributed by atoms with Gasteiger partial charge in [-0.3, -0.25) is 4.99 Å². The molecule has 3 aromatic rings. The summed E-state index contributed by atoms with van der Waals surface area (Å²) in [6, 6.07) is 11.1. The molecular weight excluding hydrogens is 327 g/mol. The molecule has 2 aromatic carbocycles. The fourth-order valence-electron chi connectivity index (χ4n) is 3.08. The third kappa shape index (κ3) is 2.79. The van der Waals surface area contributed by atoms with Crippen molar-refractivity contribution in [3.05, 3.63) is 60.7 Å². The van der Waals surface area contributed by atoms with Crippen LogP contribution in [0.25, 0.3) is 10.8 Å². The van der Waals surface area contributed by atoms with Crippen LogP contribution in [0.1, 0.15) is 5.56 Å². The molecule has 1 unspecified atom stereocenters. The standard InChI is InChI=1S/C16H15N4O3P/c21-24(22,23)19-14(9-20-8-7-17-10-20)16-12-5-1-3-11-4-2-6-13(18-16)15(11)12/h1-8,10,14H,9H2,(H3,19,21,22,23). The largest absolute Gasteiger partial charge is 0.400 e. The summed E-state index contributed by atoms with van der Waals surface area (Å²) in [5.41, 5.74) is 2.34. The molecule has 4 rings (SSSR count). The smallest absolute Gasteiger partial charge is 0.336 e. The highest BCUT2D eigenvalue weighted by Crippen LogP contribution is 2.38. The van der Waals surface area contributed by atoms with Crippen molar-refractivity contribution in [3.8, 4) is 0 Å². The first-order chi connectivity index (χ1) is 11.5. The van der Waals surface area contributed by atoms with E-state index in [1.807, 2.05) is 36.4 Å². The van der Waals surface area contributed by atoms with Crippen molar-refractivity contribution in [2.24, 2.45) is 4.99 Å². The Morgan fingerprint density at radius 2 is 2.00 bits per heavy atom. The van der Waals surface area contributed by atoms with Gasteiger partial charge in [0, 0.05) is 29.9 Å². The van der Waals surface area contributed by atoms with Crippen molar-refractivity contribution in [1.29, 1.82) is 0 Å². The monoisotopic (exact) mass is 342 g/mol. The molecule has 1 aromatic heterocycles. The molecular formula is C16H15N4O3P. The SMILES string of the molecule is O=P(O)(O)NC(Cn1ccnc1)C1=Nc2cccc3cccc1c23. The number of imidazole rings is 1. The maximum Gasteiger partial charge on any atom is 0.400 e. The highest BCUT2D eigenvalue weighted by Gasteiger charge is 2.30. The zero-order valence-electron chi connectivity index (χ0n) is 12.6. The van der Waals surface area contributed by atoms with Crippen LogP contribution in [0, 0.1) is 0 Å². The lowest BCUT2D eigenvalue weighted by Gasteiger charge is -2.20. The third-order valence-electron chi connectivity index (χ3n) is 4.01. The first-order valence-corrected chi connectivity index (χ1v) is 9.02. The molecule has 1 aliphatic rings. The highest BCUT2D eigenvalue weighted by molar-refractivity contribution is 7.49. The number of rotatable bonds is 5. The van der Waals surface area contributed by atoms with Crippen molar-refractivity contribution >= 4 is 29.9 Å². The van der Waals surface area contributed by atoms with Gasteiger partial charge in [0.15, 0.2) is 0 Å². The van der Waals surface area contributed by atoms with Crippen molar-refractivity contribution in [3.63, 3.8) is 0 Å². The Balaban J connectivity index is 1.79. The minimum Gasteiger partial charge on any atom is -0.336 e. The van der Waals surface area contributed by atoms with Gasteiger partial charge in [0.25, 0.3) is 0 Å². The van der Waals surface area contributed by atoms with E-state index in [2.05, 4.69) is 15.1 Å². The number of aromatic nitrogens is 2. The Labute approximate surface area is 137 Å². The van der Waals surface area contributed by atoms with Gasteiger partial charge in [-0.05, 0) is 11.5 Å². The maximum atomic E-state index is 11.5. The van der Waals surface area contributed by atoms with Gasteiger partial charge in [0.1, 0.15) is 0 Å². The zero-order chi connectivity index (χ0) is 16.7. The molecule has 0 radical (unpaired) electrons. The molecule has 122 valence electrons. The first kappa shape index (κ1) is 15.2. The van der Waals surface area contributed by atoms with Crippen LogP contribution in [-0.2, 0) is 11.1 Å². The van der Waals surface area contributed by atoms with Crippen molar-refractivity contribution in [2.45, 2.75) is 12.6 Å². The van der Waals surface area contributed by atoms with E-state index >= 15 is 0 Å². The van der Waals surface area contributed by atoms with Gasteiger partial charge in [-0.15, -0.1) is 0 Å². The summed E-state index contributed by atoms with van der Waals surface area (Å²) in [5, 5.41) is 4.47. The lowest BCUT2D eigenvalue weighted by molar-refractivity contribution is 0.350. The molecule has 3 N–H and O–H groups in total. The van der Waals surface area contributed by atoms with Crippen molar-refractivity contribution in [1.82, 2.24) is 14.6 Å². The summed E-state index contributed by atoms with van der Waals surface area (Å²) in [6.45, 7) is 0.314. The quantitative estimate of drug-likeness (QED) is 0.618. The Morgan fingerprint density at radius 3 is 2.71 bits per heavy atom. The van der Waals surface area contributed by atoms with Crippen LogP contribution in [0.5, 0.6) is 0 Å². The van der Waals surface area contributed by atoms with E-state index in [0.717, 1.165) is 22.0 Å². The minimum atomic E-state index is -4.43. The normalized spacial score (nSPS) is 14.8. The summed E-state index contributed by atoms with van der Waals surface area (Å²) >= 11 is 0. The number of hydrogen-bond donors (Lipinski definition) is 3. The topological polar surface area (TPSA) is 99.7 Å². The number of nitrogens with zero attached hydrogens (tertiary/aromatic N) is 3. The fraction of sp³-hybridized carbons (Fsp3) is 0.125. The predicted molar refractivity (Wildman–Crippen MR) is 91.3 cm³/mol. The molecule has 8 heteroatoms. The van der Waals surface area contributed by atoms with E-state index in [1.54, 1.807) is 23.3 Å². The summed E-state index contributed by atoms with van der Waals surface area (Å²) in [6.07, 6.45) is 4.98. The minimum absolute atomic E-state index is 0.314. The molecule has 0 amide bonds. The maximum absolute atomic E-state index is 11.5. The molecule has 7 nitrogen and oxygen atoms in total. The van der Waals surface area contributed by atoms with E-state index in [-0.39, 0.29) is 0 Å². The van der Waals surface area contributed by atoms with Gasteiger partial charge in [-0.2, -0.15) is 0 Å². The molecule has 0 saturated heterocycles. The average Bonchev–Trinajstić information content (AvgIpc) is 3.15. The van der Waals surface area contributed by atoms with E-state index in [1.165, 1.54) is 0 Å². The van der Waals surface area contributed by atoms with Crippen molar-refractivity contribution < 1.29 is 14.4 Å². The van der Waals surface area contributed by atoms with E-state index < -0.39 is 13.8 Å². The summed E-state index contributed by atoms with van der Waals surface area (Å²) < 4.78 is 13.3. The van der Waals surface area contributed by atoms with E-state index in [0.29, 0.717) is 12.3 Å². The molecule has 1 aliphatic heterocycles. The zero-order valence-corrected chi connectivity index (χ0v) is 13.5. The lowest BCUT2D eigenvalue weighted by atomic mass is 9.99. The Bertz CT molecular complexity index is 973. The summed E-state index contributed by atoms with van der Waals surface area (Å²) in [7, 11) is -4.43. The van der Waals surface area contributed by atoms with Crippen LogP contribution in [0.3, 0.4) is 0 Å². The van der Waals surface area contributed by atoms with Crippen LogP contribution < -0.4 is 5.09 Å². The number of nitrogens with one attached hydrogen (secondary N) is 1. The average molecular weight is 342 g/mol. The van der Waals surface area contributed by atoms with Gasteiger partial charge in [0.05, 0.1) is 23.8 Å². The van der Waals surface area contributed by atoms with E-state index in [9.17, 15) is 14.4 Å². The molecule has 0 fully saturated rings. The summed E-state index contributed by atoms with van der Waals surface area (Å²) in [5.74, 6) is 0. The predicted octanol–water partition coefficient (Wildman–Crippen LogP) is 2.22. The third-order valence-corrected chi connectivity index (χ3v) is 4.65. The van der Waals surface area contributed by atoms with Gasteiger partial charge in [-0.1, -0.05) is 30.3 Å². The highest BCUT2D eigenvalue weighted by atomic mass is 31.2. The number of aliphatic imine (C=N–C) groups is 1. The lowest BCUT2D eigenvalue weighted by Crippen LogP contribution is -2.38. The first-order valence-electron chi connectivity index (χ1n) is 7.41. The second-order valence-corrected chi connectivity index (χ2v) is 7.01. The second-order valence-electron chi connectivity index (χ2n) is 5.66. The van der Waals surface area contributed by atoms with Crippen LogP contribution in [0.2, 0.25) is 0 Å². The fourth-order valence-corrected chi connectivity index (χ4v) is 3.69. The Morgan fingerprint density at radius 1 is 1.21 bits per heavy atom. The van der Waals surface area contributed by atoms with Crippen LogP contribution in [-0.4, -0.2) is 31.1 Å². The van der Waals surface area contributed by atoms with Gasteiger partial charge < -0.3 is 14.4 Å². The molecule has 0 bridgehead atoms. The van der Waals surface area contributed by atoms with Crippen LogP contribution >= 0.6 is 7.75 Å². The Hall–Kier alpha value is -2.31. The van der Waals surface area contributed by atoms with Gasteiger partial charge >= 0.3 is 7.75 Å². The van der Waals surface area contributed by atoms with Crippen molar-refractivity contribution in [2.75, 3.05) is 0 Å². The Kier molecular flexibility index (Phi) is 3.58.